The number of Topliss-reactive ketones (excluding diaryl/α,β-unsaturated/α-hetero) is 1. The molecule has 20 heavy (non-hydrogen) atoms. The first kappa shape index (κ1) is 14.6. The summed E-state index contributed by atoms with van der Waals surface area (Å²) in [5, 5.41) is 9.47. The molecular weight excluding hydrogens is 250 g/mol. The maximum Gasteiger partial charge on any atom is 0.160 e. The summed E-state index contributed by atoms with van der Waals surface area (Å²) in [6, 6.07) is 9.50. The van der Waals surface area contributed by atoms with Gasteiger partial charge in [0.2, 0.25) is 0 Å². The largest absolute Gasteiger partial charge is 0.497 e. The Kier molecular flexibility index (Phi) is 4.44. The molecule has 2 rings (SSSR count). The van der Waals surface area contributed by atoms with Gasteiger partial charge in [0.15, 0.2) is 5.78 Å². The number of nitriles is 1. The smallest absolute Gasteiger partial charge is 0.160 e. The molecule has 1 aliphatic rings. The summed E-state index contributed by atoms with van der Waals surface area (Å²) in [6.45, 7) is 2.06. The van der Waals surface area contributed by atoms with Crippen LogP contribution in [0.2, 0.25) is 0 Å². The lowest BCUT2D eigenvalue weighted by Crippen LogP contribution is -2.31. The second kappa shape index (κ2) is 6.09. The van der Waals surface area contributed by atoms with Crippen LogP contribution in [0, 0.1) is 16.7 Å². The van der Waals surface area contributed by atoms with Crippen molar-refractivity contribution in [1.82, 2.24) is 0 Å². The average Bonchev–Trinajstić information content (AvgIpc) is 2.98. The van der Waals surface area contributed by atoms with Crippen molar-refractivity contribution in [2.45, 2.75) is 44.9 Å². The number of nitrogens with zero attached hydrogens (tertiary/aromatic N) is 1. The first-order valence-electron chi connectivity index (χ1n) is 7.25. The molecular formula is C17H21NO2. The number of ketones is 1. The van der Waals surface area contributed by atoms with E-state index >= 15 is 0 Å². The standard InChI is InChI=1S/C17H21NO2/c1-3-17(9-4-5-10-17)16(19)15(12-18)13-7-6-8-14(11-13)20-2/h6-8,11,15H,3-5,9-10H2,1-2H3. The lowest BCUT2D eigenvalue weighted by Gasteiger charge is -2.28. The lowest BCUT2D eigenvalue weighted by atomic mass is 9.73. The molecule has 3 heteroatoms. The number of carbonyl (C=O) groups is 1. The normalized spacial score (nSPS) is 18.2. The van der Waals surface area contributed by atoms with E-state index in [0.29, 0.717) is 5.75 Å². The molecule has 0 radical (unpaired) electrons. The van der Waals surface area contributed by atoms with Gasteiger partial charge in [-0.1, -0.05) is 31.9 Å². The molecule has 1 aliphatic carbocycles. The molecule has 1 fully saturated rings. The number of ether oxygens (including phenoxy) is 1. The molecule has 0 aliphatic heterocycles. The molecule has 0 bridgehead atoms. The summed E-state index contributed by atoms with van der Waals surface area (Å²) in [6.07, 6.45) is 4.86. The fourth-order valence-electron chi connectivity index (χ4n) is 3.24. The predicted octanol–water partition coefficient (Wildman–Crippen LogP) is 3.84. The van der Waals surface area contributed by atoms with E-state index < -0.39 is 5.92 Å². The summed E-state index contributed by atoms with van der Waals surface area (Å²) in [5.74, 6) is 0.101. The minimum Gasteiger partial charge on any atom is -0.497 e. The van der Waals surface area contributed by atoms with Crippen LogP contribution in [0.5, 0.6) is 5.75 Å². The monoisotopic (exact) mass is 271 g/mol. The zero-order valence-corrected chi connectivity index (χ0v) is 12.2. The SMILES string of the molecule is CCC1(C(=O)C(C#N)c2cccc(OC)c2)CCCC1. The van der Waals surface area contributed by atoms with Gasteiger partial charge in [-0.15, -0.1) is 0 Å². The highest BCUT2D eigenvalue weighted by molar-refractivity contribution is 5.93. The maximum atomic E-state index is 12.9. The number of rotatable bonds is 5. The second-order valence-electron chi connectivity index (χ2n) is 5.54. The predicted molar refractivity (Wildman–Crippen MR) is 77.5 cm³/mol. The Morgan fingerprint density at radius 2 is 2.15 bits per heavy atom. The number of methoxy groups -OCH3 is 1. The highest BCUT2D eigenvalue weighted by Gasteiger charge is 2.43. The van der Waals surface area contributed by atoms with Gasteiger partial charge in [0.1, 0.15) is 11.7 Å². The zero-order valence-electron chi connectivity index (χ0n) is 12.2. The van der Waals surface area contributed by atoms with E-state index in [1.54, 1.807) is 13.2 Å². The molecule has 1 aromatic carbocycles. The number of hydrogen-bond donors (Lipinski definition) is 0. The van der Waals surface area contributed by atoms with Gasteiger partial charge in [-0.3, -0.25) is 4.79 Å². The maximum absolute atomic E-state index is 12.9. The minimum absolute atomic E-state index is 0.0910. The van der Waals surface area contributed by atoms with Crippen LogP contribution in [-0.4, -0.2) is 12.9 Å². The quantitative estimate of drug-likeness (QED) is 0.817. The molecule has 0 aromatic heterocycles. The van der Waals surface area contributed by atoms with Gasteiger partial charge in [-0.2, -0.15) is 5.26 Å². The van der Waals surface area contributed by atoms with Crippen LogP contribution >= 0.6 is 0 Å². The van der Waals surface area contributed by atoms with E-state index in [0.717, 1.165) is 37.7 Å². The van der Waals surface area contributed by atoms with E-state index in [1.807, 2.05) is 18.2 Å². The third kappa shape index (κ3) is 2.56. The average molecular weight is 271 g/mol. The van der Waals surface area contributed by atoms with Gasteiger partial charge >= 0.3 is 0 Å². The Hall–Kier alpha value is -1.82. The zero-order chi connectivity index (χ0) is 14.6. The third-order valence-corrected chi connectivity index (χ3v) is 4.58. The van der Waals surface area contributed by atoms with Crippen molar-refractivity contribution >= 4 is 5.78 Å². The van der Waals surface area contributed by atoms with Crippen LogP contribution in [0.25, 0.3) is 0 Å². The number of carbonyl (C=O) groups excluding carboxylic acids is 1. The topological polar surface area (TPSA) is 50.1 Å². The Balaban J connectivity index is 2.32. The molecule has 0 amide bonds. The molecule has 106 valence electrons. The summed E-state index contributed by atoms with van der Waals surface area (Å²) < 4.78 is 5.19. The molecule has 0 N–H and O–H groups in total. The van der Waals surface area contributed by atoms with Gasteiger partial charge in [0.25, 0.3) is 0 Å². The summed E-state index contributed by atoms with van der Waals surface area (Å²) in [5.41, 5.74) is 0.459. The van der Waals surface area contributed by atoms with Crippen LogP contribution in [0.15, 0.2) is 24.3 Å². The van der Waals surface area contributed by atoms with Crippen molar-refractivity contribution in [3.8, 4) is 11.8 Å². The fourth-order valence-corrected chi connectivity index (χ4v) is 3.24. The van der Waals surface area contributed by atoms with E-state index in [1.165, 1.54) is 0 Å². The van der Waals surface area contributed by atoms with Gasteiger partial charge < -0.3 is 4.74 Å². The molecule has 0 saturated heterocycles. The molecule has 1 aromatic rings. The van der Waals surface area contributed by atoms with Crippen molar-refractivity contribution in [2.24, 2.45) is 5.41 Å². The molecule has 0 heterocycles. The lowest BCUT2D eigenvalue weighted by molar-refractivity contribution is -0.129. The Bertz CT molecular complexity index is 524. The Labute approximate surface area is 120 Å². The minimum atomic E-state index is -0.678. The van der Waals surface area contributed by atoms with Gasteiger partial charge in [-0.25, -0.2) is 0 Å². The van der Waals surface area contributed by atoms with E-state index in [2.05, 4.69) is 13.0 Å². The van der Waals surface area contributed by atoms with Crippen LogP contribution in [0.1, 0.15) is 50.5 Å². The highest BCUT2D eigenvalue weighted by Crippen LogP contribution is 2.45. The van der Waals surface area contributed by atoms with E-state index in [-0.39, 0.29) is 11.2 Å². The van der Waals surface area contributed by atoms with Crippen LogP contribution < -0.4 is 4.74 Å². The Morgan fingerprint density at radius 1 is 1.45 bits per heavy atom. The van der Waals surface area contributed by atoms with Crippen LogP contribution in [0.4, 0.5) is 0 Å². The first-order chi connectivity index (χ1) is 9.66. The van der Waals surface area contributed by atoms with Gasteiger partial charge in [0.05, 0.1) is 13.2 Å². The number of benzene rings is 1. The van der Waals surface area contributed by atoms with Crippen LogP contribution in [0.3, 0.4) is 0 Å². The molecule has 0 spiro atoms. The molecule has 1 unspecified atom stereocenters. The summed E-state index contributed by atoms with van der Waals surface area (Å²) in [4.78, 5) is 12.9. The Morgan fingerprint density at radius 3 is 2.70 bits per heavy atom. The second-order valence-corrected chi connectivity index (χ2v) is 5.54. The van der Waals surface area contributed by atoms with Crippen molar-refractivity contribution < 1.29 is 9.53 Å². The van der Waals surface area contributed by atoms with Gasteiger partial charge in [0, 0.05) is 5.41 Å². The molecule has 1 atom stereocenters. The van der Waals surface area contributed by atoms with E-state index in [4.69, 9.17) is 4.74 Å². The van der Waals surface area contributed by atoms with Gasteiger partial charge in [-0.05, 0) is 37.0 Å². The van der Waals surface area contributed by atoms with Crippen molar-refractivity contribution in [1.29, 1.82) is 5.26 Å². The molecule has 3 nitrogen and oxygen atoms in total. The highest BCUT2D eigenvalue weighted by atomic mass is 16.5. The van der Waals surface area contributed by atoms with Crippen molar-refractivity contribution in [3.63, 3.8) is 0 Å². The summed E-state index contributed by atoms with van der Waals surface area (Å²) >= 11 is 0. The summed E-state index contributed by atoms with van der Waals surface area (Å²) in [7, 11) is 1.59. The third-order valence-electron chi connectivity index (χ3n) is 4.58. The van der Waals surface area contributed by atoms with E-state index in [9.17, 15) is 10.1 Å². The fraction of sp³-hybridized carbons (Fsp3) is 0.529. The number of hydrogen-bond acceptors (Lipinski definition) is 3. The molecule has 1 saturated carbocycles. The van der Waals surface area contributed by atoms with Crippen LogP contribution in [-0.2, 0) is 4.79 Å². The van der Waals surface area contributed by atoms with Crippen molar-refractivity contribution in [3.05, 3.63) is 29.8 Å². The van der Waals surface area contributed by atoms with Crippen molar-refractivity contribution in [2.75, 3.05) is 7.11 Å². The first-order valence-corrected chi connectivity index (χ1v) is 7.25.